The van der Waals surface area contributed by atoms with Crippen molar-refractivity contribution in [2.75, 3.05) is 6.61 Å². The highest BCUT2D eigenvalue weighted by atomic mass is 16.5. The normalized spacial score (nSPS) is 10.6. The molecular weight excluding hydrogens is 300 g/mol. The highest BCUT2D eigenvalue weighted by molar-refractivity contribution is 5.83. The largest absolute Gasteiger partial charge is 0.490 e. The lowest BCUT2D eigenvalue weighted by Gasteiger charge is -2.06. The van der Waals surface area contributed by atoms with Crippen LogP contribution in [-0.4, -0.2) is 18.7 Å². The molecule has 0 aromatic heterocycles. The summed E-state index contributed by atoms with van der Waals surface area (Å²) in [6.07, 6.45) is 3.62. The van der Waals surface area contributed by atoms with Gasteiger partial charge in [-0.05, 0) is 54.8 Å². The van der Waals surface area contributed by atoms with Gasteiger partial charge in [-0.25, -0.2) is 5.43 Å². The van der Waals surface area contributed by atoms with Crippen LogP contribution in [0.15, 0.2) is 60.2 Å². The Labute approximate surface area is 142 Å². The minimum absolute atomic E-state index is 0.135. The van der Waals surface area contributed by atoms with Gasteiger partial charge in [0.2, 0.25) is 5.91 Å². The van der Waals surface area contributed by atoms with E-state index >= 15 is 0 Å². The monoisotopic (exact) mass is 322 g/mol. The molecule has 124 valence electrons. The van der Waals surface area contributed by atoms with Gasteiger partial charge in [-0.3, -0.25) is 4.79 Å². The molecule has 2 aromatic carbocycles. The average molecular weight is 322 g/mol. The second-order valence-electron chi connectivity index (χ2n) is 5.57. The van der Waals surface area contributed by atoms with E-state index in [1.54, 1.807) is 12.3 Å². The van der Waals surface area contributed by atoms with Crippen LogP contribution in [0.4, 0.5) is 0 Å². The Morgan fingerprint density at radius 3 is 2.62 bits per heavy atom. The van der Waals surface area contributed by atoms with Crippen LogP contribution in [0, 0.1) is 13.8 Å². The molecule has 0 saturated heterocycles. The van der Waals surface area contributed by atoms with Crippen LogP contribution >= 0.6 is 0 Å². The van der Waals surface area contributed by atoms with Gasteiger partial charge in [0.05, 0.1) is 12.6 Å². The van der Waals surface area contributed by atoms with Crippen LogP contribution in [0.1, 0.15) is 22.3 Å². The van der Waals surface area contributed by atoms with Crippen LogP contribution in [0.3, 0.4) is 0 Å². The number of nitrogens with one attached hydrogen (secondary N) is 1. The third-order valence-corrected chi connectivity index (χ3v) is 3.50. The van der Waals surface area contributed by atoms with Crippen molar-refractivity contribution < 1.29 is 9.53 Å². The number of amides is 1. The Balaban J connectivity index is 1.86. The number of carbonyl (C=O) groups excluding carboxylic acids is 1. The zero-order valence-electron chi connectivity index (χ0n) is 14.1. The summed E-state index contributed by atoms with van der Waals surface area (Å²) in [5.41, 5.74) is 6.75. The fraction of sp³-hybridized carbons (Fsp3) is 0.200. The minimum Gasteiger partial charge on any atom is -0.490 e. The summed E-state index contributed by atoms with van der Waals surface area (Å²) in [5.74, 6) is 0.634. The summed E-state index contributed by atoms with van der Waals surface area (Å²) >= 11 is 0. The van der Waals surface area contributed by atoms with E-state index in [2.05, 4.69) is 23.2 Å². The van der Waals surface area contributed by atoms with E-state index in [9.17, 15) is 4.79 Å². The maximum absolute atomic E-state index is 12.0. The van der Waals surface area contributed by atoms with Gasteiger partial charge in [0, 0.05) is 0 Å². The first kappa shape index (κ1) is 17.5. The summed E-state index contributed by atoms with van der Waals surface area (Å²) in [4.78, 5) is 12.0. The summed E-state index contributed by atoms with van der Waals surface area (Å²) in [6, 6.07) is 13.5. The van der Waals surface area contributed by atoms with Gasteiger partial charge in [-0.2, -0.15) is 5.10 Å². The number of hydrogen-bond donors (Lipinski definition) is 1. The van der Waals surface area contributed by atoms with Crippen molar-refractivity contribution in [2.24, 2.45) is 5.10 Å². The maximum Gasteiger partial charge on any atom is 0.244 e. The van der Waals surface area contributed by atoms with Crippen molar-refractivity contribution in [3.05, 3.63) is 77.4 Å². The van der Waals surface area contributed by atoms with Gasteiger partial charge in [-0.15, -0.1) is 0 Å². The predicted octanol–water partition coefficient (Wildman–Crippen LogP) is 3.56. The second-order valence-corrected chi connectivity index (χ2v) is 5.57. The highest BCUT2D eigenvalue weighted by Gasteiger charge is 2.05. The number of hydrazone groups is 1. The molecule has 0 atom stereocenters. The SMILES string of the molecule is C=CCOc1ccc(/C=N/NC(=O)Cc2ccc(C)cc2C)cc1. The van der Waals surface area contributed by atoms with Gasteiger partial charge in [0.15, 0.2) is 0 Å². The topological polar surface area (TPSA) is 50.7 Å². The summed E-state index contributed by atoms with van der Waals surface area (Å²) < 4.78 is 5.41. The molecule has 2 aromatic rings. The van der Waals surface area contributed by atoms with Crippen molar-refractivity contribution in [1.29, 1.82) is 0 Å². The number of ether oxygens (including phenoxy) is 1. The lowest BCUT2D eigenvalue weighted by molar-refractivity contribution is -0.120. The van der Waals surface area contributed by atoms with Crippen molar-refractivity contribution in [3.63, 3.8) is 0 Å². The second kappa shape index (κ2) is 8.67. The molecule has 0 heterocycles. The van der Waals surface area contributed by atoms with Crippen LogP contribution in [0.25, 0.3) is 0 Å². The van der Waals surface area contributed by atoms with Gasteiger partial charge in [0.1, 0.15) is 12.4 Å². The fourth-order valence-electron chi connectivity index (χ4n) is 2.24. The lowest BCUT2D eigenvalue weighted by Crippen LogP contribution is -2.20. The molecule has 0 radical (unpaired) electrons. The number of nitrogens with zero attached hydrogens (tertiary/aromatic N) is 1. The number of hydrogen-bond acceptors (Lipinski definition) is 3. The minimum atomic E-state index is -0.135. The molecule has 0 aliphatic carbocycles. The Bertz CT molecular complexity index is 734. The van der Waals surface area contributed by atoms with E-state index in [4.69, 9.17) is 4.74 Å². The Morgan fingerprint density at radius 1 is 1.21 bits per heavy atom. The standard InChI is InChI=1S/C20H22N2O2/c1-4-11-24-19-9-6-17(7-10-19)14-21-22-20(23)13-18-8-5-15(2)12-16(18)3/h4-10,12,14H,1,11,13H2,2-3H3,(H,22,23)/b21-14+. The van der Waals surface area contributed by atoms with Crippen molar-refractivity contribution in [1.82, 2.24) is 5.43 Å². The zero-order valence-corrected chi connectivity index (χ0v) is 14.1. The Hall–Kier alpha value is -2.88. The highest BCUT2D eigenvalue weighted by Crippen LogP contribution is 2.12. The summed E-state index contributed by atoms with van der Waals surface area (Å²) in [7, 11) is 0. The number of rotatable bonds is 7. The van der Waals surface area contributed by atoms with Gasteiger partial charge in [0.25, 0.3) is 0 Å². The molecule has 0 aliphatic heterocycles. The van der Waals surface area contributed by atoms with E-state index in [1.807, 2.05) is 50.2 Å². The molecule has 4 heteroatoms. The molecule has 0 fully saturated rings. The van der Waals surface area contributed by atoms with E-state index in [1.165, 1.54) is 5.56 Å². The molecule has 1 amide bonds. The quantitative estimate of drug-likeness (QED) is 0.481. The average Bonchev–Trinajstić information content (AvgIpc) is 2.57. The molecule has 24 heavy (non-hydrogen) atoms. The van der Waals surface area contributed by atoms with E-state index < -0.39 is 0 Å². The predicted molar refractivity (Wildman–Crippen MR) is 97.5 cm³/mol. The van der Waals surface area contributed by atoms with Crippen molar-refractivity contribution in [2.45, 2.75) is 20.3 Å². The molecular formula is C20H22N2O2. The third-order valence-electron chi connectivity index (χ3n) is 3.50. The summed E-state index contributed by atoms with van der Waals surface area (Å²) in [6.45, 7) is 8.12. The van der Waals surface area contributed by atoms with E-state index in [0.717, 1.165) is 22.4 Å². The maximum atomic E-state index is 12.0. The third kappa shape index (κ3) is 5.39. The number of aryl methyl sites for hydroxylation is 2. The Kier molecular flexibility index (Phi) is 6.32. The van der Waals surface area contributed by atoms with E-state index in [0.29, 0.717) is 13.0 Å². The van der Waals surface area contributed by atoms with Crippen LogP contribution in [-0.2, 0) is 11.2 Å². The first-order valence-electron chi connectivity index (χ1n) is 7.80. The van der Waals surface area contributed by atoms with Crippen molar-refractivity contribution >= 4 is 12.1 Å². The first-order valence-corrected chi connectivity index (χ1v) is 7.80. The number of benzene rings is 2. The molecule has 4 nitrogen and oxygen atoms in total. The molecule has 1 N–H and O–H groups in total. The zero-order chi connectivity index (χ0) is 17.4. The molecule has 0 bridgehead atoms. The van der Waals surface area contributed by atoms with Gasteiger partial charge < -0.3 is 4.74 Å². The smallest absolute Gasteiger partial charge is 0.244 e. The van der Waals surface area contributed by atoms with Crippen molar-refractivity contribution in [3.8, 4) is 5.75 Å². The molecule has 0 saturated carbocycles. The van der Waals surface area contributed by atoms with Gasteiger partial charge >= 0.3 is 0 Å². The molecule has 2 rings (SSSR count). The molecule has 0 aliphatic rings. The lowest BCUT2D eigenvalue weighted by atomic mass is 10.0. The van der Waals surface area contributed by atoms with Crippen LogP contribution in [0.2, 0.25) is 0 Å². The van der Waals surface area contributed by atoms with Gasteiger partial charge in [-0.1, -0.05) is 36.4 Å². The Morgan fingerprint density at radius 2 is 1.96 bits per heavy atom. The first-order chi connectivity index (χ1) is 11.6. The van der Waals surface area contributed by atoms with Crippen LogP contribution in [0.5, 0.6) is 5.75 Å². The number of carbonyl (C=O) groups is 1. The molecule has 0 unspecified atom stereocenters. The van der Waals surface area contributed by atoms with Crippen LogP contribution < -0.4 is 10.2 Å². The van der Waals surface area contributed by atoms with E-state index in [-0.39, 0.29) is 5.91 Å². The molecule has 0 spiro atoms. The fourth-order valence-corrected chi connectivity index (χ4v) is 2.24. The summed E-state index contributed by atoms with van der Waals surface area (Å²) in [5, 5.41) is 4.00.